The van der Waals surface area contributed by atoms with E-state index in [1.165, 1.54) is 5.56 Å². The summed E-state index contributed by atoms with van der Waals surface area (Å²) >= 11 is 0. The number of guanidine groups is 1. The monoisotopic (exact) mass is 551 g/mol. The van der Waals surface area contributed by atoms with Gasteiger partial charge < -0.3 is 24.9 Å². The highest BCUT2D eigenvalue weighted by molar-refractivity contribution is 14.0. The van der Waals surface area contributed by atoms with Gasteiger partial charge in [-0.3, -0.25) is 0 Å². The zero-order chi connectivity index (χ0) is 21.5. The SMILES string of the molecule is CCNC(=NCc1cccnc1N1CCN(C)CC1)N1CCN(c2ncccn2)CC1.I. The maximum Gasteiger partial charge on any atom is 0.225 e. The summed E-state index contributed by atoms with van der Waals surface area (Å²) in [5, 5.41) is 3.47. The second-order valence-corrected chi connectivity index (χ2v) is 7.97. The fourth-order valence-corrected chi connectivity index (χ4v) is 4.02. The molecule has 0 aromatic carbocycles. The molecule has 0 radical (unpaired) electrons. The quantitative estimate of drug-likeness (QED) is 0.341. The molecule has 174 valence electrons. The van der Waals surface area contributed by atoms with Gasteiger partial charge in [0.1, 0.15) is 5.82 Å². The topological polar surface area (TPSA) is 76.0 Å². The summed E-state index contributed by atoms with van der Waals surface area (Å²) in [6, 6.07) is 6.01. The van der Waals surface area contributed by atoms with Gasteiger partial charge in [-0.05, 0) is 26.1 Å². The number of nitrogens with zero attached hydrogens (tertiary/aromatic N) is 8. The van der Waals surface area contributed by atoms with E-state index in [2.05, 4.69) is 54.9 Å². The minimum absolute atomic E-state index is 0. The van der Waals surface area contributed by atoms with Gasteiger partial charge in [-0.1, -0.05) is 6.07 Å². The van der Waals surface area contributed by atoms with Crippen LogP contribution in [-0.2, 0) is 6.54 Å². The van der Waals surface area contributed by atoms with Crippen LogP contribution in [0.1, 0.15) is 12.5 Å². The number of aliphatic imine (C=N–C) groups is 1. The fraction of sp³-hybridized carbons (Fsp3) is 0.545. The number of rotatable bonds is 5. The summed E-state index contributed by atoms with van der Waals surface area (Å²) in [6.45, 7) is 11.3. The Kier molecular flexibility index (Phi) is 9.27. The first-order chi connectivity index (χ1) is 15.2. The van der Waals surface area contributed by atoms with Crippen molar-refractivity contribution in [1.82, 2.24) is 30.1 Å². The van der Waals surface area contributed by atoms with Crippen molar-refractivity contribution in [2.24, 2.45) is 4.99 Å². The summed E-state index contributed by atoms with van der Waals surface area (Å²) in [5.41, 5.74) is 1.18. The average molecular weight is 551 g/mol. The lowest BCUT2D eigenvalue weighted by Crippen LogP contribution is -2.53. The van der Waals surface area contributed by atoms with E-state index in [1.807, 2.05) is 18.3 Å². The first-order valence-electron chi connectivity index (χ1n) is 11.2. The van der Waals surface area contributed by atoms with Crippen molar-refractivity contribution in [2.75, 3.05) is 75.8 Å². The number of anilines is 2. The van der Waals surface area contributed by atoms with Crippen molar-refractivity contribution < 1.29 is 0 Å². The Morgan fingerprint density at radius 3 is 2.25 bits per heavy atom. The van der Waals surface area contributed by atoms with Gasteiger partial charge in [-0.25, -0.2) is 19.9 Å². The van der Waals surface area contributed by atoms with Crippen LogP contribution in [-0.4, -0.2) is 96.7 Å². The lowest BCUT2D eigenvalue weighted by atomic mass is 10.2. The molecule has 0 amide bonds. The molecular weight excluding hydrogens is 517 g/mol. The number of likely N-dealkylation sites (N-methyl/N-ethyl adjacent to an activating group) is 1. The molecule has 2 aliphatic heterocycles. The summed E-state index contributed by atoms with van der Waals surface area (Å²) < 4.78 is 0. The third kappa shape index (κ3) is 6.18. The second kappa shape index (κ2) is 12.1. The van der Waals surface area contributed by atoms with Crippen LogP contribution in [0.15, 0.2) is 41.8 Å². The Balaban J connectivity index is 0.00000289. The lowest BCUT2D eigenvalue weighted by Gasteiger charge is -2.36. The van der Waals surface area contributed by atoms with E-state index in [9.17, 15) is 0 Å². The minimum Gasteiger partial charge on any atom is -0.357 e. The number of aromatic nitrogens is 3. The zero-order valence-corrected chi connectivity index (χ0v) is 21.4. The molecule has 2 aliphatic rings. The molecule has 0 aliphatic carbocycles. The highest BCUT2D eigenvalue weighted by atomic mass is 127. The first-order valence-corrected chi connectivity index (χ1v) is 11.2. The molecule has 9 nitrogen and oxygen atoms in total. The predicted octanol–water partition coefficient (Wildman–Crippen LogP) is 1.53. The molecule has 32 heavy (non-hydrogen) atoms. The molecule has 0 saturated carbocycles. The van der Waals surface area contributed by atoms with Crippen LogP contribution in [0.25, 0.3) is 0 Å². The molecule has 0 atom stereocenters. The molecule has 4 heterocycles. The van der Waals surface area contributed by atoms with Gasteiger partial charge in [0.15, 0.2) is 5.96 Å². The molecule has 2 aromatic rings. The lowest BCUT2D eigenvalue weighted by molar-refractivity contribution is 0.312. The Morgan fingerprint density at radius 1 is 0.906 bits per heavy atom. The highest BCUT2D eigenvalue weighted by Crippen LogP contribution is 2.20. The number of piperazine rings is 2. The predicted molar refractivity (Wildman–Crippen MR) is 140 cm³/mol. The van der Waals surface area contributed by atoms with Gasteiger partial charge in [-0.2, -0.15) is 0 Å². The number of halogens is 1. The van der Waals surface area contributed by atoms with Crippen molar-refractivity contribution in [2.45, 2.75) is 13.5 Å². The van der Waals surface area contributed by atoms with Gasteiger partial charge in [0.05, 0.1) is 6.54 Å². The molecule has 0 bridgehead atoms. The van der Waals surface area contributed by atoms with Gasteiger partial charge in [0.25, 0.3) is 0 Å². The third-order valence-electron chi connectivity index (χ3n) is 5.82. The van der Waals surface area contributed by atoms with Crippen molar-refractivity contribution in [1.29, 1.82) is 0 Å². The number of hydrogen-bond acceptors (Lipinski definition) is 7. The summed E-state index contributed by atoms with van der Waals surface area (Å²) in [7, 11) is 2.17. The van der Waals surface area contributed by atoms with E-state index >= 15 is 0 Å². The maximum absolute atomic E-state index is 4.98. The molecule has 10 heteroatoms. The molecular formula is C22H34IN9. The zero-order valence-electron chi connectivity index (χ0n) is 19.0. The number of pyridine rings is 1. The van der Waals surface area contributed by atoms with Crippen LogP contribution in [0.5, 0.6) is 0 Å². The Hall–Kier alpha value is -2.21. The van der Waals surface area contributed by atoms with Gasteiger partial charge in [0, 0.05) is 83.1 Å². The Bertz CT molecular complexity index is 847. The number of nitrogens with one attached hydrogen (secondary N) is 1. The Morgan fingerprint density at radius 2 is 1.56 bits per heavy atom. The van der Waals surface area contributed by atoms with Crippen LogP contribution in [0.4, 0.5) is 11.8 Å². The maximum atomic E-state index is 4.98. The molecule has 2 aromatic heterocycles. The molecule has 2 fully saturated rings. The summed E-state index contributed by atoms with van der Waals surface area (Å²) in [6.07, 6.45) is 5.48. The Labute approximate surface area is 208 Å². The summed E-state index contributed by atoms with van der Waals surface area (Å²) in [5.74, 6) is 2.84. The van der Waals surface area contributed by atoms with Crippen LogP contribution in [0.3, 0.4) is 0 Å². The smallest absolute Gasteiger partial charge is 0.225 e. The van der Waals surface area contributed by atoms with E-state index in [0.717, 1.165) is 76.6 Å². The van der Waals surface area contributed by atoms with Crippen LogP contribution < -0.4 is 15.1 Å². The van der Waals surface area contributed by atoms with Crippen LogP contribution >= 0.6 is 24.0 Å². The van der Waals surface area contributed by atoms with Crippen LogP contribution in [0, 0.1) is 0 Å². The van der Waals surface area contributed by atoms with E-state index in [4.69, 9.17) is 9.98 Å². The van der Waals surface area contributed by atoms with E-state index in [-0.39, 0.29) is 24.0 Å². The van der Waals surface area contributed by atoms with E-state index in [1.54, 1.807) is 12.4 Å². The van der Waals surface area contributed by atoms with Crippen LogP contribution in [0.2, 0.25) is 0 Å². The standard InChI is InChI=1S/C22H33N9.HI/c1-3-23-21(30-14-16-31(17-15-30)22-25-8-5-9-26-22)27-18-19-6-4-7-24-20(19)29-12-10-28(2)11-13-29;/h4-9H,3,10-18H2,1-2H3,(H,23,27);1H. The number of hydrogen-bond donors (Lipinski definition) is 1. The normalized spacial score (nSPS) is 17.8. The second-order valence-electron chi connectivity index (χ2n) is 7.97. The van der Waals surface area contributed by atoms with Crippen molar-refractivity contribution >= 4 is 41.7 Å². The highest BCUT2D eigenvalue weighted by Gasteiger charge is 2.22. The molecule has 0 spiro atoms. The van der Waals surface area contributed by atoms with E-state index < -0.39 is 0 Å². The van der Waals surface area contributed by atoms with Gasteiger partial charge in [0.2, 0.25) is 5.95 Å². The first kappa shape index (κ1) is 24.4. The molecule has 0 unspecified atom stereocenters. The summed E-state index contributed by atoms with van der Waals surface area (Å²) in [4.78, 5) is 27.7. The average Bonchev–Trinajstić information content (AvgIpc) is 2.83. The molecule has 4 rings (SSSR count). The van der Waals surface area contributed by atoms with Crippen molar-refractivity contribution in [3.8, 4) is 0 Å². The fourth-order valence-electron chi connectivity index (χ4n) is 4.02. The largest absolute Gasteiger partial charge is 0.357 e. The minimum atomic E-state index is 0. The van der Waals surface area contributed by atoms with Gasteiger partial charge >= 0.3 is 0 Å². The molecule has 1 N–H and O–H groups in total. The van der Waals surface area contributed by atoms with E-state index in [0.29, 0.717) is 6.54 Å². The van der Waals surface area contributed by atoms with Crippen molar-refractivity contribution in [3.63, 3.8) is 0 Å². The third-order valence-corrected chi connectivity index (χ3v) is 5.82. The van der Waals surface area contributed by atoms with Gasteiger partial charge in [-0.15, -0.1) is 24.0 Å². The molecule has 2 saturated heterocycles. The van der Waals surface area contributed by atoms with Crippen molar-refractivity contribution in [3.05, 3.63) is 42.4 Å².